The zero-order chi connectivity index (χ0) is 24.1. The van der Waals surface area contributed by atoms with Crippen molar-refractivity contribution in [2.75, 3.05) is 18.9 Å². The average molecular weight is 484 g/mol. The van der Waals surface area contributed by atoms with E-state index in [1.165, 1.54) is 0 Å². The van der Waals surface area contributed by atoms with Crippen LogP contribution >= 0.6 is 11.8 Å². The molecule has 4 aromatic rings. The van der Waals surface area contributed by atoms with Gasteiger partial charge in [0.1, 0.15) is 18.5 Å². The topological polar surface area (TPSA) is 112 Å². The van der Waals surface area contributed by atoms with E-state index in [1.807, 2.05) is 49.5 Å². The number of hydrogen-bond acceptors (Lipinski definition) is 8. The molecule has 34 heavy (non-hydrogen) atoms. The van der Waals surface area contributed by atoms with E-state index in [9.17, 15) is 9.90 Å². The van der Waals surface area contributed by atoms with E-state index in [0.717, 1.165) is 47.0 Å². The van der Waals surface area contributed by atoms with Crippen LogP contribution < -0.4 is 15.7 Å². The Hall–Kier alpha value is -3.15. The first-order chi connectivity index (χ1) is 16.4. The Kier molecular flexibility index (Phi) is 7.66. The van der Waals surface area contributed by atoms with Gasteiger partial charge in [-0.1, -0.05) is 30.0 Å². The third kappa shape index (κ3) is 5.49. The summed E-state index contributed by atoms with van der Waals surface area (Å²) >= 11 is 1.64. The predicted molar refractivity (Wildman–Crippen MR) is 131 cm³/mol. The Bertz CT molecular complexity index is 1300. The van der Waals surface area contributed by atoms with Gasteiger partial charge in [-0.25, -0.2) is 9.48 Å². The quantitative estimate of drug-likeness (QED) is 0.245. The number of fused-ring (bicyclic) bond motifs is 1. The molecule has 0 amide bonds. The molecule has 4 rings (SSSR count). The molecule has 2 aromatic heterocycles. The van der Waals surface area contributed by atoms with Gasteiger partial charge < -0.3 is 15.2 Å². The largest absolute Gasteiger partial charge is 0.491 e. The summed E-state index contributed by atoms with van der Waals surface area (Å²) in [7, 11) is 5.30. The SMILES string of the molecule is Cn1nnnc1SCCCNCc1ccc(OC[C@H](O)c2ccc3c(c2)n(C)c(=O)n3C)cc1. The second-order valence-electron chi connectivity index (χ2n) is 8.08. The lowest BCUT2D eigenvalue weighted by atomic mass is 10.1. The number of aliphatic hydroxyl groups excluding tert-OH is 1. The third-order valence-electron chi connectivity index (χ3n) is 5.65. The van der Waals surface area contributed by atoms with E-state index in [2.05, 4.69) is 20.8 Å². The standard InChI is InChI=1S/C23H29N7O3S/c1-28-19-10-7-17(13-20(19)29(2)23(28)32)21(31)15-33-18-8-5-16(6-9-18)14-24-11-4-12-34-22-25-26-27-30(22)3/h5-10,13,21,24,31H,4,11-12,14-15H2,1-3H3/t21-/m0/s1. The van der Waals surface area contributed by atoms with Gasteiger partial charge in [0.15, 0.2) is 0 Å². The van der Waals surface area contributed by atoms with Gasteiger partial charge in [0, 0.05) is 33.4 Å². The van der Waals surface area contributed by atoms with Gasteiger partial charge in [0.05, 0.1) is 11.0 Å². The molecule has 0 aliphatic carbocycles. The maximum atomic E-state index is 12.1. The Labute approximate surface area is 201 Å². The van der Waals surface area contributed by atoms with Gasteiger partial charge in [0.25, 0.3) is 0 Å². The molecular formula is C23H29N7O3S. The van der Waals surface area contributed by atoms with Crippen LogP contribution in [0.3, 0.4) is 0 Å². The Morgan fingerprint density at radius 2 is 1.85 bits per heavy atom. The smallest absolute Gasteiger partial charge is 0.328 e. The van der Waals surface area contributed by atoms with E-state index in [1.54, 1.807) is 39.7 Å². The van der Waals surface area contributed by atoms with Gasteiger partial charge in [-0.2, -0.15) is 0 Å². The van der Waals surface area contributed by atoms with Gasteiger partial charge >= 0.3 is 5.69 Å². The molecule has 0 radical (unpaired) electrons. The summed E-state index contributed by atoms with van der Waals surface area (Å²) in [5.74, 6) is 1.65. The zero-order valence-electron chi connectivity index (χ0n) is 19.5. The second kappa shape index (κ2) is 10.9. The highest BCUT2D eigenvalue weighted by atomic mass is 32.2. The molecule has 1 atom stereocenters. The predicted octanol–water partition coefficient (Wildman–Crippen LogP) is 1.78. The summed E-state index contributed by atoms with van der Waals surface area (Å²) in [4.78, 5) is 12.1. The number of aliphatic hydroxyl groups is 1. The molecule has 0 aliphatic heterocycles. The molecule has 11 heteroatoms. The lowest BCUT2D eigenvalue weighted by Crippen LogP contribution is -2.19. The van der Waals surface area contributed by atoms with Crippen LogP contribution in [0.2, 0.25) is 0 Å². The summed E-state index contributed by atoms with van der Waals surface area (Å²) < 4.78 is 10.6. The number of aryl methyl sites for hydroxylation is 3. The van der Waals surface area contributed by atoms with Gasteiger partial charge in [-0.05, 0) is 58.8 Å². The first-order valence-electron chi connectivity index (χ1n) is 11.0. The van der Waals surface area contributed by atoms with Crippen molar-refractivity contribution in [1.29, 1.82) is 0 Å². The van der Waals surface area contributed by atoms with E-state index < -0.39 is 6.10 Å². The van der Waals surface area contributed by atoms with Crippen LogP contribution in [-0.2, 0) is 27.7 Å². The second-order valence-corrected chi connectivity index (χ2v) is 9.15. The highest BCUT2D eigenvalue weighted by Crippen LogP contribution is 2.21. The average Bonchev–Trinajstić information content (AvgIpc) is 3.36. The van der Waals surface area contributed by atoms with Crippen molar-refractivity contribution in [3.63, 3.8) is 0 Å². The molecule has 180 valence electrons. The number of benzene rings is 2. The number of thioether (sulfide) groups is 1. The Morgan fingerprint density at radius 1 is 1.09 bits per heavy atom. The van der Waals surface area contributed by atoms with E-state index >= 15 is 0 Å². The van der Waals surface area contributed by atoms with E-state index in [-0.39, 0.29) is 12.3 Å². The van der Waals surface area contributed by atoms with Crippen molar-refractivity contribution < 1.29 is 9.84 Å². The highest BCUT2D eigenvalue weighted by molar-refractivity contribution is 7.99. The van der Waals surface area contributed by atoms with Crippen LogP contribution in [-0.4, -0.2) is 53.4 Å². The van der Waals surface area contributed by atoms with Crippen molar-refractivity contribution in [1.82, 2.24) is 34.7 Å². The van der Waals surface area contributed by atoms with Crippen molar-refractivity contribution >= 4 is 22.8 Å². The summed E-state index contributed by atoms with van der Waals surface area (Å²) in [6, 6.07) is 13.4. The first kappa shape index (κ1) is 24.0. The Morgan fingerprint density at radius 3 is 2.59 bits per heavy atom. The normalized spacial score (nSPS) is 12.4. The minimum atomic E-state index is -0.795. The van der Waals surface area contributed by atoms with Crippen molar-refractivity contribution in [2.24, 2.45) is 21.1 Å². The van der Waals surface area contributed by atoms with Gasteiger partial charge in [0.2, 0.25) is 5.16 Å². The number of hydrogen-bond donors (Lipinski definition) is 2. The van der Waals surface area contributed by atoms with Crippen molar-refractivity contribution in [3.05, 3.63) is 64.1 Å². The van der Waals surface area contributed by atoms with E-state index in [4.69, 9.17) is 4.74 Å². The number of aromatic nitrogens is 6. The minimum absolute atomic E-state index is 0.0918. The fraction of sp³-hybridized carbons (Fsp3) is 0.391. The maximum Gasteiger partial charge on any atom is 0.328 e. The van der Waals surface area contributed by atoms with E-state index in [0.29, 0.717) is 11.3 Å². The molecule has 0 fully saturated rings. The van der Waals surface area contributed by atoms with Crippen LogP contribution in [0.15, 0.2) is 52.4 Å². The summed E-state index contributed by atoms with van der Waals surface area (Å²) in [6.45, 7) is 1.80. The molecule has 0 aliphatic rings. The first-order valence-corrected chi connectivity index (χ1v) is 12.0. The number of tetrazole rings is 1. The molecule has 0 bridgehead atoms. The molecule has 0 saturated carbocycles. The van der Waals surface area contributed by atoms with Crippen LogP contribution in [0.4, 0.5) is 0 Å². The lowest BCUT2D eigenvalue weighted by Gasteiger charge is -2.13. The summed E-state index contributed by atoms with van der Waals surface area (Å²) in [6.07, 6.45) is 0.218. The third-order valence-corrected chi connectivity index (χ3v) is 6.75. The van der Waals surface area contributed by atoms with Gasteiger partial charge in [-0.3, -0.25) is 9.13 Å². The highest BCUT2D eigenvalue weighted by Gasteiger charge is 2.13. The summed E-state index contributed by atoms with van der Waals surface area (Å²) in [5.41, 5.74) is 3.39. The maximum absolute atomic E-state index is 12.1. The van der Waals surface area contributed by atoms with Crippen LogP contribution in [0.5, 0.6) is 5.75 Å². The zero-order valence-corrected chi connectivity index (χ0v) is 20.3. The fourth-order valence-electron chi connectivity index (χ4n) is 3.64. The molecule has 2 aromatic carbocycles. The molecule has 10 nitrogen and oxygen atoms in total. The number of nitrogens with one attached hydrogen (secondary N) is 1. The number of ether oxygens (including phenoxy) is 1. The minimum Gasteiger partial charge on any atom is -0.491 e. The van der Waals surface area contributed by atoms with Crippen LogP contribution in [0, 0.1) is 0 Å². The molecule has 0 saturated heterocycles. The molecule has 2 heterocycles. The van der Waals surface area contributed by atoms with Crippen molar-refractivity contribution in [2.45, 2.75) is 24.2 Å². The Balaban J connectivity index is 1.20. The van der Waals surface area contributed by atoms with Gasteiger partial charge in [-0.15, -0.1) is 5.10 Å². The summed E-state index contributed by atoms with van der Waals surface area (Å²) in [5, 5.41) is 26.2. The molecule has 0 spiro atoms. The van der Waals surface area contributed by atoms with Crippen LogP contribution in [0.1, 0.15) is 23.7 Å². The monoisotopic (exact) mass is 483 g/mol. The molecule has 2 N–H and O–H groups in total. The fourth-order valence-corrected chi connectivity index (χ4v) is 4.43. The molecular weight excluding hydrogens is 454 g/mol. The number of imidazole rings is 1. The number of rotatable bonds is 11. The lowest BCUT2D eigenvalue weighted by molar-refractivity contribution is 0.108. The van der Waals surface area contributed by atoms with Crippen LogP contribution in [0.25, 0.3) is 11.0 Å². The molecule has 0 unspecified atom stereocenters. The van der Waals surface area contributed by atoms with Crippen molar-refractivity contribution in [3.8, 4) is 5.75 Å². The number of nitrogens with zero attached hydrogens (tertiary/aromatic N) is 6.